The fourth-order valence-electron chi connectivity index (χ4n) is 2.07. The number of hydrogen-bond donors (Lipinski definition) is 2. The summed E-state index contributed by atoms with van der Waals surface area (Å²) in [5.41, 5.74) is 0.250. The van der Waals surface area contributed by atoms with Crippen molar-refractivity contribution in [1.29, 1.82) is 0 Å². The van der Waals surface area contributed by atoms with Gasteiger partial charge in [-0.2, -0.15) is 0 Å². The molecule has 1 aromatic carbocycles. The average Bonchev–Trinajstić information content (AvgIpc) is 2.41. The monoisotopic (exact) mass is 315 g/mol. The molecule has 1 aromatic rings. The maximum Gasteiger partial charge on any atom is 0.240 e. The van der Waals surface area contributed by atoms with Crippen molar-refractivity contribution in [3.05, 3.63) is 41.1 Å². The highest BCUT2D eigenvalue weighted by Crippen LogP contribution is 2.22. The third kappa shape index (κ3) is 3.39. The van der Waals surface area contributed by atoms with Crippen LogP contribution in [0, 0.1) is 0 Å². The molecule has 0 spiro atoms. The Balaban J connectivity index is 2.13. The Hall–Kier alpha value is -1.37. The van der Waals surface area contributed by atoms with Gasteiger partial charge in [0.1, 0.15) is 0 Å². The molecule has 2 N–H and O–H groups in total. The Morgan fingerprint density at radius 3 is 2.55 bits per heavy atom. The van der Waals surface area contributed by atoms with Gasteiger partial charge in [0.25, 0.3) is 0 Å². The zero-order chi connectivity index (χ0) is 14.8. The Bertz CT molecular complexity index is 637. The maximum atomic E-state index is 12.2. The number of carbonyl (C=O) groups is 1. The van der Waals surface area contributed by atoms with Crippen molar-refractivity contribution < 1.29 is 18.3 Å². The van der Waals surface area contributed by atoms with E-state index in [-0.39, 0.29) is 29.1 Å². The Morgan fingerprint density at radius 1 is 1.30 bits per heavy atom. The highest BCUT2D eigenvalue weighted by atomic mass is 35.5. The number of sulfonamides is 1. The Kier molecular flexibility index (Phi) is 4.47. The molecular formula is C13H14ClNO4S. The normalized spacial score (nSPS) is 22.1. The second-order valence-corrected chi connectivity index (χ2v) is 6.74. The Morgan fingerprint density at radius 2 is 1.95 bits per heavy atom. The summed E-state index contributed by atoms with van der Waals surface area (Å²) in [6.45, 7) is 0. The molecule has 0 bridgehead atoms. The number of benzene rings is 1. The molecular weight excluding hydrogens is 302 g/mol. The van der Waals surface area contributed by atoms with Crippen molar-refractivity contribution in [1.82, 2.24) is 4.72 Å². The van der Waals surface area contributed by atoms with Crippen molar-refractivity contribution in [2.24, 2.45) is 0 Å². The lowest BCUT2D eigenvalue weighted by molar-refractivity contribution is -0.116. The fraction of sp³-hybridized carbons (Fsp3) is 0.308. The molecule has 1 aliphatic rings. The van der Waals surface area contributed by atoms with Crippen LogP contribution in [0.25, 0.3) is 0 Å². The van der Waals surface area contributed by atoms with Gasteiger partial charge in [0, 0.05) is 23.1 Å². The molecule has 1 atom stereocenters. The molecule has 0 saturated heterocycles. The smallest absolute Gasteiger partial charge is 0.240 e. The molecule has 108 valence electrons. The first-order valence-electron chi connectivity index (χ1n) is 6.07. The van der Waals surface area contributed by atoms with Crippen LogP contribution < -0.4 is 4.72 Å². The van der Waals surface area contributed by atoms with E-state index in [1.54, 1.807) is 0 Å². The number of Topliss-reactive ketones (excluding diaryl/α,β-unsaturated/α-hetero) is 1. The van der Waals surface area contributed by atoms with E-state index in [1.165, 1.54) is 24.3 Å². The minimum atomic E-state index is -3.65. The van der Waals surface area contributed by atoms with E-state index >= 15 is 0 Å². The van der Waals surface area contributed by atoms with Crippen LogP contribution in [0.1, 0.15) is 19.3 Å². The van der Waals surface area contributed by atoms with E-state index in [9.17, 15) is 13.2 Å². The second-order valence-electron chi connectivity index (χ2n) is 4.59. The van der Waals surface area contributed by atoms with E-state index in [4.69, 9.17) is 16.7 Å². The molecule has 0 radical (unpaired) electrons. The number of rotatable bonds is 3. The predicted octanol–water partition coefficient (Wildman–Crippen LogP) is 2.18. The molecule has 1 fully saturated rings. The molecule has 20 heavy (non-hydrogen) atoms. The highest BCUT2D eigenvalue weighted by Gasteiger charge is 2.27. The number of carbonyl (C=O) groups excluding carboxylic acids is 1. The van der Waals surface area contributed by atoms with Crippen molar-refractivity contribution in [2.75, 3.05) is 0 Å². The topological polar surface area (TPSA) is 83.5 Å². The lowest BCUT2D eigenvalue weighted by Gasteiger charge is -2.23. The van der Waals surface area contributed by atoms with Crippen LogP contribution in [-0.4, -0.2) is 25.3 Å². The minimum Gasteiger partial charge on any atom is -0.515 e. The standard InChI is InChI=1S/C13H14ClNO4S/c14-10-1-4-12(5-2-10)20(18,19)15-11-3-6-13(17)9(7-11)8-16/h1-2,4-5,8,11,15-16H,3,6-7H2/b9-8-. The van der Waals surface area contributed by atoms with E-state index < -0.39 is 16.1 Å². The quantitative estimate of drug-likeness (QED) is 0.661. The number of nitrogens with one attached hydrogen (secondary N) is 1. The third-order valence-corrected chi connectivity index (χ3v) is 4.93. The molecule has 0 amide bonds. The first-order chi connectivity index (χ1) is 9.42. The lowest BCUT2D eigenvalue weighted by Crippen LogP contribution is -2.38. The zero-order valence-electron chi connectivity index (χ0n) is 10.5. The van der Waals surface area contributed by atoms with Gasteiger partial charge in [-0.25, -0.2) is 13.1 Å². The van der Waals surface area contributed by atoms with Gasteiger partial charge >= 0.3 is 0 Å². The van der Waals surface area contributed by atoms with Gasteiger partial charge in [-0.3, -0.25) is 4.79 Å². The van der Waals surface area contributed by atoms with Crippen molar-refractivity contribution in [3.63, 3.8) is 0 Å². The zero-order valence-corrected chi connectivity index (χ0v) is 12.1. The summed E-state index contributed by atoms with van der Waals surface area (Å²) in [5.74, 6) is -0.144. The van der Waals surface area contributed by atoms with Gasteiger partial charge in [-0.15, -0.1) is 0 Å². The van der Waals surface area contributed by atoms with E-state index in [1.807, 2.05) is 0 Å². The van der Waals surface area contributed by atoms with Crippen molar-refractivity contribution in [3.8, 4) is 0 Å². The van der Waals surface area contributed by atoms with Crippen LogP contribution in [-0.2, 0) is 14.8 Å². The summed E-state index contributed by atoms with van der Waals surface area (Å²) in [4.78, 5) is 11.5. The fourth-order valence-corrected chi connectivity index (χ4v) is 3.47. The van der Waals surface area contributed by atoms with Gasteiger partial charge in [0.2, 0.25) is 10.0 Å². The molecule has 7 heteroatoms. The number of halogens is 1. The molecule has 5 nitrogen and oxygen atoms in total. The Labute approximate surface area is 122 Å². The second kappa shape index (κ2) is 5.95. The van der Waals surface area contributed by atoms with Gasteiger partial charge < -0.3 is 5.11 Å². The van der Waals surface area contributed by atoms with Crippen LogP contribution in [0.15, 0.2) is 41.0 Å². The SMILES string of the molecule is O=C1CCC(NS(=O)(=O)c2ccc(Cl)cc2)C/C1=C/O. The molecule has 2 rings (SSSR count). The molecule has 1 unspecified atom stereocenters. The maximum absolute atomic E-state index is 12.2. The number of aliphatic hydroxyl groups is 1. The molecule has 0 aliphatic heterocycles. The van der Waals surface area contributed by atoms with Crippen LogP contribution in [0.2, 0.25) is 5.02 Å². The van der Waals surface area contributed by atoms with Gasteiger partial charge in [-0.05, 0) is 37.1 Å². The van der Waals surface area contributed by atoms with E-state index in [2.05, 4.69) is 4.72 Å². The first kappa shape index (κ1) is 15.0. The number of ketones is 1. The summed E-state index contributed by atoms with van der Waals surface area (Å²) in [7, 11) is -3.65. The summed E-state index contributed by atoms with van der Waals surface area (Å²) in [6, 6.07) is 5.44. The van der Waals surface area contributed by atoms with Crippen LogP contribution in [0.4, 0.5) is 0 Å². The summed E-state index contributed by atoms with van der Waals surface area (Å²) >= 11 is 5.72. The average molecular weight is 316 g/mol. The van der Waals surface area contributed by atoms with Gasteiger partial charge in [-0.1, -0.05) is 11.6 Å². The largest absolute Gasteiger partial charge is 0.515 e. The molecule has 0 heterocycles. The van der Waals surface area contributed by atoms with Crippen molar-refractivity contribution in [2.45, 2.75) is 30.2 Å². The van der Waals surface area contributed by atoms with Crippen LogP contribution in [0.3, 0.4) is 0 Å². The van der Waals surface area contributed by atoms with Gasteiger partial charge in [0.15, 0.2) is 5.78 Å². The lowest BCUT2D eigenvalue weighted by atomic mass is 9.91. The molecule has 0 aromatic heterocycles. The predicted molar refractivity (Wildman–Crippen MR) is 75.1 cm³/mol. The summed E-state index contributed by atoms with van der Waals surface area (Å²) in [6.07, 6.45) is 1.59. The first-order valence-corrected chi connectivity index (χ1v) is 7.93. The van der Waals surface area contributed by atoms with Crippen LogP contribution >= 0.6 is 11.6 Å². The minimum absolute atomic E-state index is 0.119. The molecule has 1 aliphatic carbocycles. The summed E-state index contributed by atoms with van der Waals surface area (Å²) < 4.78 is 26.9. The number of aliphatic hydroxyl groups excluding tert-OH is 1. The van der Waals surface area contributed by atoms with E-state index in [0.717, 1.165) is 6.26 Å². The summed E-state index contributed by atoms with van der Waals surface area (Å²) in [5, 5.41) is 9.41. The van der Waals surface area contributed by atoms with Gasteiger partial charge in [0.05, 0.1) is 11.2 Å². The van der Waals surface area contributed by atoms with E-state index in [0.29, 0.717) is 11.4 Å². The third-order valence-electron chi connectivity index (χ3n) is 3.15. The van der Waals surface area contributed by atoms with Crippen molar-refractivity contribution >= 4 is 27.4 Å². The van der Waals surface area contributed by atoms with Crippen LogP contribution in [0.5, 0.6) is 0 Å². The highest BCUT2D eigenvalue weighted by molar-refractivity contribution is 7.89. The number of hydrogen-bond acceptors (Lipinski definition) is 4. The molecule has 1 saturated carbocycles.